The van der Waals surface area contributed by atoms with Gasteiger partial charge in [-0.15, -0.1) is 0 Å². The zero-order valence-electron chi connectivity index (χ0n) is 52.6. The summed E-state index contributed by atoms with van der Waals surface area (Å²) < 4.78 is 16.9. The van der Waals surface area contributed by atoms with Crippen molar-refractivity contribution in [1.82, 2.24) is 0 Å². The van der Waals surface area contributed by atoms with E-state index >= 15 is 0 Å². The maximum Gasteiger partial charge on any atom is 0.306 e. The van der Waals surface area contributed by atoms with Crippen molar-refractivity contribution >= 4 is 17.9 Å². The van der Waals surface area contributed by atoms with Crippen LogP contribution >= 0.6 is 0 Å². The molecule has 1 atom stereocenters. The van der Waals surface area contributed by atoms with E-state index in [-0.39, 0.29) is 31.1 Å². The van der Waals surface area contributed by atoms with Gasteiger partial charge in [-0.25, -0.2) is 0 Å². The Bertz CT molecular complexity index is 1450. The molecule has 0 aliphatic rings. The Hall–Kier alpha value is -3.15. The van der Waals surface area contributed by atoms with E-state index in [0.717, 1.165) is 103 Å². The van der Waals surface area contributed by atoms with Crippen molar-refractivity contribution in [3.63, 3.8) is 0 Å². The molecule has 0 radical (unpaired) electrons. The molecule has 0 bridgehead atoms. The lowest BCUT2D eigenvalue weighted by molar-refractivity contribution is -0.167. The van der Waals surface area contributed by atoms with Crippen LogP contribution in [0.25, 0.3) is 0 Å². The van der Waals surface area contributed by atoms with E-state index in [0.29, 0.717) is 19.3 Å². The lowest BCUT2D eigenvalue weighted by atomic mass is 10.0. The molecule has 0 aromatic carbocycles. The van der Waals surface area contributed by atoms with Gasteiger partial charge in [0, 0.05) is 19.3 Å². The molecule has 0 saturated carbocycles. The highest BCUT2D eigenvalue weighted by Gasteiger charge is 2.19. The zero-order chi connectivity index (χ0) is 57.1. The van der Waals surface area contributed by atoms with Gasteiger partial charge in [-0.2, -0.15) is 0 Å². The standard InChI is InChI=1S/C73H130O6/c1-4-7-10-13-16-19-22-25-28-30-31-32-33-34-35-36-37-38-39-40-41-42-43-44-46-48-51-54-57-60-63-66-72(75)78-69-70(68-77-71(74)65-62-59-56-53-50-47-27-24-21-18-15-12-9-6-3)79-73(76)67-64-61-58-55-52-49-45-29-26-23-20-17-14-11-8-5-2/h20,22-25,27,29-31,33-34,45,70H,4-19,21,26,28,32,35-44,46-69H2,1-3H3/b23-20-,25-22-,27-24-,31-30-,34-33-,45-29-. The van der Waals surface area contributed by atoms with E-state index in [1.165, 1.54) is 212 Å². The first-order valence-corrected chi connectivity index (χ1v) is 34.4. The normalized spacial score (nSPS) is 12.5. The molecule has 79 heavy (non-hydrogen) atoms. The molecule has 0 aliphatic heterocycles. The molecule has 0 fully saturated rings. The van der Waals surface area contributed by atoms with Crippen LogP contribution in [0.4, 0.5) is 0 Å². The molecule has 0 rings (SSSR count). The average molecular weight is 1100 g/mol. The average Bonchev–Trinajstić information content (AvgIpc) is 3.45. The Morgan fingerprint density at radius 1 is 0.253 bits per heavy atom. The smallest absolute Gasteiger partial charge is 0.306 e. The van der Waals surface area contributed by atoms with Crippen LogP contribution in [-0.2, 0) is 28.6 Å². The maximum absolute atomic E-state index is 12.9. The Morgan fingerprint density at radius 3 is 0.734 bits per heavy atom. The zero-order valence-corrected chi connectivity index (χ0v) is 52.6. The molecule has 0 N–H and O–H groups in total. The topological polar surface area (TPSA) is 78.9 Å². The highest BCUT2D eigenvalue weighted by atomic mass is 16.6. The van der Waals surface area contributed by atoms with Gasteiger partial charge < -0.3 is 14.2 Å². The second-order valence-corrected chi connectivity index (χ2v) is 23.1. The van der Waals surface area contributed by atoms with Crippen LogP contribution in [0, 0.1) is 0 Å². The summed E-state index contributed by atoms with van der Waals surface area (Å²) in [5.41, 5.74) is 0. The lowest BCUT2D eigenvalue weighted by Crippen LogP contribution is -2.30. The molecule has 458 valence electrons. The maximum atomic E-state index is 12.9. The first kappa shape index (κ1) is 75.8. The largest absolute Gasteiger partial charge is 0.462 e. The number of hydrogen-bond donors (Lipinski definition) is 0. The van der Waals surface area contributed by atoms with Gasteiger partial charge in [-0.05, 0) is 116 Å². The fourth-order valence-electron chi connectivity index (χ4n) is 9.95. The Labute approximate surface area is 491 Å². The monoisotopic (exact) mass is 1100 g/mol. The second kappa shape index (κ2) is 67.4. The molecule has 0 aliphatic carbocycles. The first-order chi connectivity index (χ1) is 39.0. The molecule has 0 aromatic rings. The lowest BCUT2D eigenvalue weighted by Gasteiger charge is -2.18. The van der Waals surface area contributed by atoms with Gasteiger partial charge >= 0.3 is 17.9 Å². The third-order valence-corrected chi connectivity index (χ3v) is 15.2. The van der Waals surface area contributed by atoms with Crippen LogP contribution in [0.2, 0.25) is 0 Å². The number of esters is 3. The van der Waals surface area contributed by atoms with Crippen molar-refractivity contribution in [2.75, 3.05) is 13.2 Å². The highest BCUT2D eigenvalue weighted by molar-refractivity contribution is 5.71. The molecular formula is C73H130O6. The van der Waals surface area contributed by atoms with E-state index in [9.17, 15) is 14.4 Å². The van der Waals surface area contributed by atoms with Crippen LogP contribution in [0.15, 0.2) is 72.9 Å². The van der Waals surface area contributed by atoms with E-state index < -0.39 is 6.10 Å². The predicted octanol–water partition coefficient (Wildman–Crippen LogP) is 23.7. The number of ether oxygens (including phenoxy) is 3. The van der Waals surface area contributed by atoms with Gasteiger partial charge in [0.2, 0.25) is 0 Å². The Balaban J connectivity index is 4.21. The Kier molecular flexibility index (Phi) is 64.7. The molecule has 0 aromatic heterocycles. The van der Waals surface area contributed by atoms with Crippen molar-refractivity contribution in [3.8, 4) is 0 Å². The SMILES string of the molecule is CCCCCC/C=C\C/C=C\CCCCCCCC(=O)OC(COC(=O)CCCCCCC/C=C\CCCCCCC)COC(=O)CCCCCCCCCCCCCCCCCC/C=C\C/C=C\C/C=C\CCCCCCC. The number of carbonyl (C=O) groups excluding carboxylic acids is 3. The van der Waals surface area contributed by atoms with Gasteiger partial charge in [0.05, 0.1) is 0 Å². The van der Waals surface area contributed by atoms with E-state index in [2.05, 4.69) is 93.7 Å². The summed E-state index contributed by atoms with van der Waals surface area (Å²) in [4.78, 5) is 38.3. The van der Waals surface area contributed by atoms with Crippen molar-refractivity contribution in [2.45, 2.75) is 361 Å². The minimum absolute atomic E-state index is 0.0811. The number of unbranched alkanes of at least 4 members (excludes halogenated alkanes) is 40. The van der Waals surface area contributed by atoms with Crippen molar-refractivity contribution in [3.05, 3.63) is 72.9 Å². The predicted molar refractivity (Wildman–Crippen MR) is 344 cm³/mol. The Morgan fingerprint density at radius 2 is 0.456 bits per heavy atom. The quantitative estimate of drug-likeness (QED) is 0.0261. The fraction of sp³-hybridized carbons (Fsp3) is 0.795. The molecule has 0 heterocycles. The molecule has 0 saturated heterocycles. The van der Waals surface area contributed by atoms with Crippen molar-refractivity contribution in [1.29, 1.82) is 0 Å². The molecule has 6 nitrogen and oxygen atoms in total. The number of hydrogen-bond acceptors (Lipinski definition) is 6. The van der Waals surface area contributed by atoms with Gasteiger partial charge in [0.1, 0.15) is 13.2 Å². The van der Waals surface area contributed by atoms with Gasteiger partial charge in [-0.1, -0.05) is 293 Å². The van der Waals surface area contributed by atoms with Gasteiger partial charge in [-0.3, -0.25) is 14.4 Å². The van der Waals surface area contributed by atoms with Gasteiger partial charge in [0.25, 0.3) is 0 Å². The number of allylic oxidation sites excluding steroid dienone is 12. The van der Waals surface area contributed by atoms with Crippen LogP contribution in [0.1, 0.15) is 355 Å². The third-order valence-electron chi connectivity index (χ3n) is 15.2. The molecular weight excluding hydrogens is 973 g/mol. The number of carbonyl (C=O) groups is 3. The van der Waals surface area contributed by atoms with E-state index in [1.807, 2.05) is 0 Å². The van der Waals surface area contributed by atoms with Crippen LogP contribution in [0.3, 0.4) is 0 Å². The molecule has 0 spiro atoms. The first-order valence-electron chi connectivity index (χ1n) is 34.4. The minimum Gasteiger partial charge on any atom is -0.462 e. The summed E-state index contributed by atoms with van der Waals surface area (Å²) in [7, 11) is 0. The summed E-state index contributed by atoms with van der Waals surface area (Å²) in [5.74, 6) is -0.887. The van der Waals surface area contributed by atoms with Crippen LogP contribution in [-0.4, -0.2) is 37.2 Å². The second-order valence-electron chi connectivity index (χ2n) is 23.1. The summed E-state index contributed by atoms with van der Waals surface area (Å²) >= 11 is 0. The van der Waals surface area contributed by atoms with Crippen LogP contribution < -0.4 is 0 Å². The van der Waals surface area contributed by atoms with E-state index in [1.54, 1.807) is 0 Å². The third kappa shape index (κ3) is 65.5. The van der Waals surface area contributed by atoms with E-state index in [4.69, 9.17) is 14.2 Å². The summed E-state index contributed by atoms with van der Waals surface area (Å²) in [6.07, 6.45) is 87.8. The van der Waals surface area contributed by atoms with Crippen molar-refractivity contribution in [2.24, 2.45) is 0 Å². The summed E-state index contributed by atoms with van der Waals surface area (Å²) in [5, 5.41) is 0. The molecule has 1 unspecified atom stereocenters. The minimum atomic E-state index is -0.786. The highest BCUT2D eigenvalue weighted by Crippen LogP contribution is 2.17. The van der Waals surface area contributed by atoms with Gasteiger partial charge in [0.15, 0.2) is 6.10 Å². The van der Waals surface area contributed by atoms with Crippen molar-refractivity contribution < 1.29 is 28.6 Å². The molecule has 6 heteroatoms. The summed E-state index contributed by atoms with van der Waals surface area (Å²) in [6, 6.07) is 0. The summed E-state index contributed by atoms with van der Waals surface area (Å²) in [6.45, 7) is 6.62. The number of rotatable bonds is 63. The molecule has 0 amide bonds. The van der Waals surface area contributed by atoms with Crippen LogP contribution in [0.5, 0.6) is 0 Å². The fourth-order valence-corrected chi connectivity index (χ4v) is 9.95.